The highest BCUT2D eigenvalue weighted by Gasteiger charge is 2.34. The number of nitrogens with zero attached hydrogens (tertiary/aromatic N) is 2. The Hall–Kier alpha value is -3.56. The first-order chi connectivity index (χ1) is 19.9. The Morgan fingerprint density at radius 2 is 1.57 bits per heavy atom. The molecule has 8 nitrogen and oxygen atoms in total. The highest BCUT2D eigenvalue weighted by Crippen LogP contribution is 2.34. The Morgan fingerprint density at radius 1 is 0.952 bits per heavy atom. The maximum absolute atomic E-state index is 14.2. The standard InChI is InChI=1S/C32H40ClN3O5S/c1-7-28(32(38)34-19-22(2)3)35(20-25-11-13-26(33)14-12-25)31(37)21-36(29-18-24(5)10-17-30(29)41-6)42(39,40)27-15-8-23(4)9-16-27/h8-18,22,28H,7,19-21H2,1-6H3,(H,34,38). The van der Waals surface area contributed by atoms with E-state index in [-0.39, 0.29) is 29.0 Å². The van der Waals surface area contributed by atoms with E-state index in [1.165, 1.54) is 24.1 Å². The maximum atomic E-state index is 14.2. The van der Waals surface area contributed by atoms with Crippen molar-refractivity contribution in [1.82, 2.24) is 10.2 Å². The molecule has 1 unspecified atom stereocenters. The van der Waals surface area contributed by atoms with Gasteiger partial charge in [0.05, 0.1) is 17.7 Å². The van der Waals surface area contributed by atoms with Gasteiger partial charge in [-0.05, 0) is 73.7 Å². The number of sulfonamides is 1. The molecule has 226 valence electrons. The summed E-state index contributed by atoms with van der Waals surface area (Å²) < 4.78 is 34.9. The molecule has 0 saturated heterocycles. The van der Waals surface area contributed by atoms with E-state index in [0.717, 1.165) is 21.0 Å². The molecule has 0 aromatic heterocycles. The second-order valence-electron chi connectivity index (χ2n) is 10.7. The summed E-state index contributed by atoms with van der Waals surface area (Å²) in [6, 6.07) is 17.8. The number of nitrogens with one attached hydrogen (secondary N) is 1. The molecule has 3 rings (SSSR count). The van der Waals surface area contributed by atoms with Crippen molar-refractivity contribution in [3.63, 3.8) is 0 Å². The quantitative estimate of drug-likeness (QED) is 0.265. The molecule has 0 saturated carbocycles. The number of anilines is 1. The van der Waals surface area contributed by atoms with Crippen LogP contribution in [0.4, 0.5) is 5.69 Å². The van der Waals surface area contributed by atoms with E-state index in [4.69, 9.17) is 16.3 Å². The average Bonchev–Trinajstić information content (AvgIpc) is 2.95. The van der Waals surface area contributed by atoms with Gasteiger partial charge in [0, 0.05) is 18.1 Å². The van der Waals surface area contributed by atoms with E-state index in [0.29, 0.717) is 23.7 Å². The van der Waals surface area contributed by atoms with Crippen LogP contribution in [-0.2, 0) is 26.2 Å². The van der Waals surface area contributed by atoms with E-state index >= 15 is 0 Å². The van der Waals surface area contributed by atoms with Crippen LogP contribution in [0.3, 0.4) is 0 Å². The summed E-state index contributed by atoms with van der Waals surface area (Å²) in [5.74, 6) is -0.309. The lowest BCUT2D eigenvalue weighted by molar-refractivity contribution is -0.140. The van der Waals surface area contributed by atoms with Gasteiger partial charge in [-0.1, -0.05) is 68.3 Å². The molecule has 1 atom stereocenters. The van der Waals surface area contributed by atoms with Crippen LogP contribution in [0.1, 0.15) is 43.9 Å². The fourth-order valence-electron chi connectivity index (χ4n) is 4.47. The van der Waals surface area contributed by atoms with Gasteiger partial charge in [0.2, 0.25) is 11.8 Å². The number of aryl methyl sites for hydroxylation is 2. The molecular weight excluding hydrogens is 574 g/mol. The van der Waals surface area contributed by atoms with Crippen LogP contribution in [0.5, 0.6) is 5.75 Å². The van der Waals surface area contributed by atoms with Crippen molar-refractivity contribution in [3.8, 4) is 5.75 Å². The topological polar surface area (TPSA) is 96.0 Å². The summed E-state index contributed by atoms with van der Waals surface area (Å²) >= 11 is 6.09. The van der Waals surface area contributed by atoms with Crippen LogP contribution in [-0.4, -0.2) is 51.4 Å². The molecule has 0 spiro atoms. The molecule has 3 aromatic rings. The summed E-state index contributed by atoms with van der Waals surface area (Å²) in [5, 5.41) is 3.47. The molecule has 0 heterocycles. The van der Waals surface area contributed by atoms with Gasteiger partial charge in [-0.15, -0.1) is 0 Å². The summed E-state index contributed by atoms with van der Waals surface area (Å²) in [4.78, 5) is 29.1. The van der Waals surface area contributed by atoms with E-state index in [1.54, 1.807) is 54.6 Å². The van der Waals surface area contributed by atoms with Crippen LogP contribution >= 0.6 is 11.6 Å². The average molecular weight is 614 g/mol. The van der Waals surface area contributed by atoms with E-state index in [2.05, 4.69) is 5.32 Å². The zero-order valence-corrected chi connectivity index (χ0v) is 26.6. The van der Waals surface area contributed by atoms with E-state index < -0.39 is 28.5 Å². The second-order valence-corrected chi connectivity index (χ2v) is 13.0. The van der Waals surface area contributed by atoms with Gasteiger partial charge in [0.25, 0.3) is 10.0 Å². The lowest BCUT2D eigenvalue weighted by atomic mass is 10.1. The van der Waals surface area contributed by atoms with Crippen LogP contribution in [0.15, 0.2) is 71.6 Å². The summed E-state index contributed by atoms with van der Waals surface area (Å²) in [6.45, 7) is 9.50. The predicted octanol–water partition coefficient (Wildman–Crippen LogP) is 5.74. The van der Waals surface area contributed by atoms with Gasteiger partial charge in [0.15, 0.2) is 0 Å². The zero-order valence-electron chi connectivity index (χ0n) is 25.1. The van der Waals surface area contributed by atoms with Crippen molar-refractivity contribution < 1.29 is 22.7 Å². The fraction of sp³-hybridized carbons (Fsp3) is 0.375. The molecule has 0 aliphatic carbocycles. The van der Waals surface area contributed by atoms with Gasteiger partial charge in [0.1, 0.15) is 18.3 Å². The molecule has 1 N–H and O–H groups in total. The third-order valence-corrected chi connectivity index (χ3v) is 8.85. The van der Waals surface area contributed by atoms with Crippen molar-refractivity contribution >= 4 is 39.1 Å². The Labute approximate surface area is 254 Å². The van der Waals surface area contributed by atoms with Gasteiger partial charge < -0.3 is 15.0 Å². The van der Waals surface area contributed by atoms with Crippen molar-refractivity contribution in [2.75, 3.05) is 24.5 Å². The monoisotopic (exact) mass is 613 g/mol. The molecule has 0 fully saturated rings. The van der Waals surface area contributed by atoms with Gasteiger partial charge in [-0.25, -0.2) is 8.42 Å². The normalized spacial score (nSPS) is 12.1. The molecule has 2 amide bonds. The molecule has 0 aliphatic heterocycles. The molecule has 42 heavy (non-hydrogen) atoms. The van der Waals surface area contributed by atoms with E-state index in [9.17, 15) is 18.0 Å². The molecule has 0 aliphatic rings. The molecule has 10 heteroatoms. The number of amides is 2. The lowest BCUT2D eigenvalue weighted by Gasteiger charge is -2.33. The highest BCUT2D eigenvalue weighted by atomic mass is 35.5. The number of carbonyl (C=O) groups is 2. The van der Waals surface area contributed by atoms with Crippen LogP contribution in [0.2, 0.25) is 5.02 Å². The van der Waals surface area contributed by atoms with Crippen molar-refractivity contribution in [2.45, 2.75) is 58.5 Å². The van der Waals surface area contributed by atoms with Gasteiger partial charge in [-0.2, -0.15) is 0 Å². The largest absolute Gasteiger partial charge is 0.495 e. The molecule has 0 radical (unpaired) electrons. The Morgan fingerprint density at radius 3 is 2.14 bits per heavy atom. The lowest BCUT2D eigenvalue weighted by Crippen LogP contribution is -2.52. The van der Waals surface area contributed by atoms with Crippen LogP contribution < -0.4 is 14.4 Å². The summed E-state index contributed by atoms with van der Waals surface area (Å²) in [5.41, 5.74) is 2.68. The smallest absolute Gasteiger partial charge is 0.264 e. The third kappa shape index (κ3) is 8.26. The number of rotatable bonds is 13. The molecule has 3 aromatic carbocycles. The van der Waals surface area contributed by atoms with Gasteiger partial charge >= 0.3 is 0 Å². The third-order valence-electron chi connectivity index (χ3n) is 6.83. The number of methoxy groups -OCH3 is 1. The second kappa shape index (κ2) is 14.6. The summed E-state index contributed by atoms with van der Waals surface area (Å²) in [7, 11) is -2.76. The zero-order chi connectivity index (χ0) is 31.0. The summed E-state index contributed by atoms with van der Waals surface area (Å²) in [6.07, 6.45) is 0.335. The predicted molar refractivity (Wildman–Crippen MR) is 167 cm³/mol. The minimum atomic E-state index is -4.21. The van der Waals surface area contributed by atoms with Crippen LogP contribution in [0, 0.1) is 19.8 Å². The minimum Gasteiger partial charge on any atom is -0.495 e. The fourth-order valence-corrected chi connectivity index (χ4v) is 6.02. The van der Waals surface area contributed by atoms with Gasteiger partial charge in [-0.3, -0.25) is 13.9 Å². The molecule has 0 bridgehead atoms. The maximum Gasteiger partial charge on any atom is 0.264 e. The number of hydrogen-bond donors (Lipinski definition) is 1. The van der Waals surface area contributed by atoms with Crippen molar-refractivity contribution in [1.29, 1.82) is 0 Å². The van der Waals surface area contributed by atoms with Crippen molar-refractivity contribution in [2.24, 2.45) is 5.92 Å². The Bertz CT molecular complexity index is 1470. The molecular formula is C32H40ClN3O5S. The van der Waals surface area contributed by atoms with E-state index in [1.807, 2.05) is 34.6 Å². The number of ether oxygens (including phenoxy) is 1. The Balaban J connectivity index is 2.11. The number of hydrogen-bond acceptors (Lipinski definition) is 5. The number of halogens is 1. The SMILES string of the molecule is CCC(C(=O)NCC(C)C)N(Cc1ccc(Cl)cc1)C(=O)CN(c1cc(C)ccc1OC)S(=O)(=O)c1ccc(C)cc1. The van der Waals surface area contributed by atoms with Crippen molar-refractivity contribution in [3.05, 3.63) is 88.4 Å². The van der Waals surface area contributed by atoms with Crippen LogP contribution in [0.25, 0.3) is 0 Å². The Kier molecular flexibility index (Phi) is 11.4. The minimum absolute atomic E-state index is 0.0374. The number of carbonyl (C=O) groups excluding carboxylic acids is 2. The first-order valence-electron chi connectivity index (χ1n) is 13.9. The highest BCUT2D eigenvalue weighted by molar-refractivity contribution is 7.92. The first-order valence-corrected chi connectivity index (χ1v) is 15.7. The number of benzene rings is 3. The first kappa shape index (κ1) is 32.9.